The van der Waals surface area contributed by atoms with Gasteiger partial charge in [0.2, 0.25) is 11.7 Å². The van der Waals surface area contributed by atoms with Crippen molar-refractivity contribution >= 4 is 50.8 Å². The molecule has 1 amide bonds. The number of anilines is 2. The number of rotatable bonds is 6. The van der Waals surface area contributed by atoms with Gasteiger partial charge >= 0.3 is 0 Å². The molecule has 0 atom stereocenters. The SMILES string of the molecule is CC(C)(Oc1ccc(Cl)cc1)C(=O)Nc1nonc1/C(=N\O)Nc1ccc(F)c(Br)c1. The number of carbonyl (C=O) groups excluding carboxylic acids is 1. The molecule has 0 bridgehead atoms. The minimum absolute atomic E-state index is 0.0846. The Morgan fingerprint density at radius 3 is 2.58 bits per heavy atom. The summed E-state index contributed by atoms with van der Waals surface area (Å²) in [5.74, 6) is -0.900. The lowest BCUT2D eigenvalue weighted by Gasteiger charge is -2.24. The average Bonchev–Trinajstić information content (AvgIpc) is 3.18. The van der Waals surface area contributed by atoms with Crippen LogP contribution >= 0.6 is 27.5 Å². The third kappa shape index (κ3) is 5.50. The number of hydrogen-bond acceptors (Lipinski definition) is 7. The van der Waals surface area contributed by atoms with E-state index in [1.807, 2.05) is 0 Å². The second kappa shape index (κ2) is 9.31. The Morgan fingerprint density at radius 2 is 1.94 bits per heavy atom. The molecule has 0 saturated carbocycles. The van der Waals surface area contributed by atoms with E-state index in [9.17, 15) is 14.4 Å². The zero-order valence-electron chi connectivity index (χ0n) is 16.2. The van der Waals surface area contributed by atoms with Gasteiger partial charge in [-0.15, -0.1) is 0 Å². The number of aromatic nitrogens is 2. The lowest BCUT2D eigenvalue weighted by molar-refractivity contribution is -0.128. The van der Waals surface area contributed by atoms with Crippen LogP contribution in [-0.4, -0.2) is 32.9 Å². The van der Waals surface area contributed by atoms with Crippen LogP contribution in [0.3, 0.4) is 0 Å². The van der Waals surface area contributed by atoms with E-state index in [-0.39, 0.29) is 21.8 Å². The predicted molar refractivity (Wildman–Crippen MR) is 115 cm³/mol. The number of oxime groups is 1. The van der Waals surface area contributed by atoms with Crippen LogP contribution in [0.5, 0.6) is 5.75 Å². The molecule has 31 heavy (non-hydrogen) atoms. The summed E-state index contributed by atoms with van der Waals surface area (Å²) in [6.45, 7) is 3.11. The Bertz CT molecular complexity index is 1120. The van der Waals surface area contributed by atoms with Crippen molar-refractivity contribution in [3.63, 3.8) is 0 Å². The molecule has 12 heteroatoms. The quantitative estimate of drug-likeness (QED) is 0.190. The number of hydrogen-bond donors (Lipinski definition) is 3. The van der Waals surface area contributed by atoms with Crippen LogP contribution in [0, 0.1) is 5.82 Å². The molecule has 1 aromatic heterocycles. The summed E-state index contributed by atoms with van der Waals surface area (Å²) in [5, 5.41) is 25.6. The first kappa shape index (κ1) is 22.5. The molecule has 3 aromatic rings. The summed E-state index contributed by atoms with van der Waals surface area (Å²) in [6, 6.07) is 10.6. The highest BCUT2D eigenvalue weighted by Gasteiger charge is 2.32. The lowest BCUT2D eigenvalue weighted by Crippen LogP contribution is -2.43. The van der Waals surface area contributed by atoms with Crippen LogP contribution < -0.4 is 15.4 Å². The molecule has 3 rings (SSSR count). The van der Waals surface area contributed by atoms with Gasteiger partial charge < -0.3 is 20.6 Å². The fourth-order valence-corrected chi connectivity index (χ4v) is 2.87. The number of nitrogens with zero attached hydrogens (tertiary/aromatic N) is 3. The smallest absolute Gasteiger partial charge is 0.269 e. The fraction of sp³-hybridized carbons (Fsp3) is 0.158. The van der Waals surface area contributed by atoms with Crippen molar-refractivity contribution in [1.29, 1.82) is 0 Å². The molecule has 0 spiro atoms. The molecule has 0 fully saturated rings. The summed E-state index contributed by atoms with van der Waals surface area (Å²) in [6.07, 6.45) is 0. The number of benzene rings is 2. The predicted octanol–water partition coefficient (Wildman–Crippen LogP) is 4.67. The molecule has 0 aliphatic carbocycles. The first-order valence-electron chi connectivity index (χ1n) is 8.72. The summed E-state index contributed by atoms with van der Waals surface area (Å²) in [5.41, 5.74) is -1.01. The zero-order chi connectivity index (χ0) is 22.6. The summed E-state index contributed by atoms with van der Waals surface area (Å²) < 4.78 is 24.0. The zero-order valence-corrected chi connectivity index (χ0v) is 18.5. The molecule has 9 nitrogen and oxygen atoms in total. The summed E-state index contributed by atoms with van der Waals surface area (Å²) in [4.78, 5) is 12.8. The fourth-order valence-electron chi connectivity index (χ4n) is 2.37. The third-order valence-corrected chi connectivity index (χ3v) is 4.82. The van der Waals surface area contributed by atoms with Crippen molar-refractivity contribution in [2.45, 2.75) is 19.4 Å². The standard InChI is InChI=1S/C19H16BrClFN5O4/c1-19(2,30-12-6-3-10(21)4-7-12)18(28)24-17-15(26-31-27-17)16(25-29)23-11-5-8-14(22)13(20)9-11/h3-9,29H,1-2H3,(H,23,25)(H,24,27,28). The summed E-state index contributed by atoms with van der Waals surface area (Å²) >= 11 is 8.92. The monoisotopic (exact) mass is 511 g/mol. The molecule has 0 aliphatic heterocycles. The van der Waals surface area contributed by atoms with Crippen LogP contribution in [0.15, 0.2) is 56.7 Å². The molecule has 0 saturated heterocycles. The Hall–Kier alpha value is -3.18. The number of amides is 1. The minimum atomic E-state index is -1.31. The van der Waals surface area contributed by atoms with Crippen LogP contribution in [0.1, 0.15) is 19.5 Å². The van der Waals surface area contributed by atoms with Crippen molar-refractivity contribution < 1.29 is 23.8 Å². The lowest BCUT2D eigenvalue weighted by atomic mass is 10.1. The topological polar surface area (TPSA) is 122 Å². The molecule has 0 unspecified atom stereocenters. The number of amidine groups is 1. The van der Waals surface area contributed by atoms with E-state index in [1.165, 1.54) is 18.2 Å². The first-order valence-corrected chi connectivity index (χ1v) is 9.90. The van der Waals surface area contributed by atoms with Gasteiger partial charge in [0.05, 0.1) is 4.47 Å². The number of ether oxygens (including phenoxy) is 1. The maximum absolute atomic E-state index is 13.4. The molecule has 1 heterocycles. The second-order valence-corrected chi connectivity index (χ2v) is 7.98. The van der Waals surface area contributed by atoms with Crippen molar-refractivity contribution in [2.75, 3.05) is 10.6 Å². The Morgan fingerprint density at radius 1 is 1.23 bits per heavy atom. The second-order valence-electron chi connectivity index (χ2n) is 6.68. The Balaban J connectivity index is 1.75. The van der Waals surface area contributed by atoms with Crippen LogP contribution in [0.25, 0.3) is 0 Å². The third-order valence-electron chi connectivity index (χ3n) is 3.96. The molecule has 162 valence electrons. The van der Waals surface area contributed by atoms with Crippen molar-refractivity contribution in [2.24, 2.45) is 5.16 Å². The van der Waals surface area contributed by atoms with Crippen molar-refractivity contribution in [3.05, 3.63) is 63.5 Å². The van der Waals surface area contributed by atoms with Crippen molar-refractivity contribution in [3.8, 4) is 5.75 Å². The highest BCUT2D eigenvalue weighted by molar-refractivity contribution is 9.10. The maximum Gasteiger partial charge on any atom is 0.269 e. The Labute approximate surface area is 189 Å². The van der Waals surface area contributed by atoms with Gasteiger partial charge in [-0.2, -0.15) is 0 Å². The molecule has 2 aromatic carbocycles. The molecule has 0 aliphatic rings. The van der Waals surface area contributed by atoms with Gasteiger partial charge in [-0.1, -0.05) is 16.8 Å². The van der Waals surface area contributed by atoms with Gasteiger partial charge in [0, 0.05) is 10.7 Å². The van der Waals surface area contributed by atoms with E-state index in [1.54, 1.807) is 38.1 Å². The Kier molecular flexibility index (Phi) is 6.76. The van der Waals surface area contributed by atoms with Gasteiger partial charge in [-0.25, -0.2) is 9.02 Å². The molecule has 3 N–H and O–H groups in total. The highest BCUT2D eigenvalue weighted by Crippen LogP contribution is 2.24. The summed E-state index contributed by atoms with van der Waals surface area (Å²) in [7, 11) is 0. The number of halogens is 3. The van der Waals surface area contributed by atoms with E-state index >= 15 is 0 Å². The molecular weight excluding hydrogens is 497 g/mol. The van der Waals surface area contributed by atoms with Crippen molar-refractivity contribution in [1.82, 2.24) is 10.3 Å². The first-order chi connectivity index (χ1) is 14.7. The maximum atomic E-state index is 13.4. The van der Waals surface area contributed by atoms with E-state index in [0.717, 1.165) is 0 Å². The van der Waals surface area contributed by atoms with Crippen LogP contribution in [0.2, 0.25) is 5.02 Å². The number of nitrogens with one attached hydrogen (secondary N) is 2. The van der Waals surface area contributed by atoms with E-state index in [0.29, 0.717) is 16.5 Å². The van der Waals surface area contributed by atoms with E-state index < -0.39 is 17.3 Å². The molecule has 0 radical (unpaired) electrons. The van der Waals surface area contributed by atoms with Crippen LogP contribution in [-0.2, 0) is 4.79 Å². The van der Waals surface area contributed by atoms with Gasteiger partial charge in [0.25, 0.3) is 5.91 Å². The number of carbonyl (C=O) groups is 1. The van der Waals surface area contributed by atoms with E-state index in [2.05, 4.69) is 46.7 Å². The molecular formula is C19H16BrClFN5O4. The average molecular weight is 513 g/mol. The van der Waals surface area contributed by atoms with E-state index in [4.69, 9.17) is 16.3 Å². The minimum Gasteiger partial charge on any atom is -0.478 e. The van der Waals surface area contributed by atoms with Gasteiger partial charge in [-0.3, -0.25) is 4.79 Å². The van der Waals surface area contributed by atoms with Gasteiger partial charge in [0.1, 0.15) is 11.6 Å². The largest absolute Gasteiger partial charge is 0.478 e. The normalized spacial score (nSPS) is 11.8. The highest BCUT2D eigenvalue weighted by atomic mass is 79.9. The van der Waals surface area contributed by atoms with Gasteiger partial charge in [-0.05, 0) is 82.6 Å². The van der Waals surface area contributed by atoms with Gasteiger partial charge in [0.15, 0.2) is 11.3 Å². The van der Waals surface area contributed by atoms with Crippen LogP contribution in [0.4, 0.5) is 15.9 Å².